The molecule has 2 aromatic rings. The van der Waals surface area contributed by atoms with Gasteiger partial charge in [-0.3, -0.25) is 0 Å². The predicted octanol–water partition coefficient (Wildman–Crippen LogP) is 7.23. The number of nitrogens with zero attached hydrogens (tertiary/aromatic N) is 2. The molecule has 1 aromatic heterocycles. The van der Waals surface area contributed by atoms with Crippen LogP contribution in [0.4, 0.5) is 0 Å². The van der Waals surface area contributed by atoms with Gasteiger partial charge >= 0.3 is 0 Å². The second-order valence-electron chi connectivity index (χ2n) is 8.33. The van der Waals surface area contributed by atoms with Gasteiger partial charge in [0.25, 0.3) is 0 Å². The highest BCUT2D eigenvalue weighted by atomic mass is 16.5. The van der Waals surface area contributed by atoms with Crippen LogP contribution in [0.2, 0.25) is 0 Å². The number of unbranched alkanes of at least 4 members (excludes halogenated alkanes) is 8. The third kappa shape index (κ3) is 10.6. The quantitative estimate of drug-likeness (QED) is 0.289. The number of hydrogen-bond acceptors (Lipinski definition) is 4. The van der Waals surface area contributed by atoms with Crippen LogP contribution < -0.4 is 4.74 Å². The zero-order valence-corrected chi connectivity index (χ0v) is 19.4. The Balaban J connectivity index is 1.90. The van der Waals surface area contributed by atoms with Crippen molar-refractivity contribution in [3.63, 3.8) is 0 Å². The van der Waals surface area contributed by atoms with Gasteiger partial charge in [-0.1, -0.05) is 76.2 Å². The van der Waals surface area contributed by atoms with Crippen molar-refractivity contribution in [2.45, 2.75) is 90.6 Å². The summed E-state index contributed by atoms with van der Waals surface area (Å²) in [6.07, 6.45) is 20.7. The third-order valence-electron chi connectivity index (χ3n) is 5.38. The summed E-state index contributed by atoms with van der Waals surface area (Å²) in [7, 11) is 0. The zero-order valence-electron chi connectivity index (χ0n) is 19.4. The molecule has 4 heteroatoms. The monoisotopic (exact) mass is 424 g/mol. The third-order valence-corrected chi connectivity index (χ3v) is 5.38. The molecule has 1 atom stereocenters. The molecule has 0 saturated heterocycles. The Hall–Kier alpha value is -2.20. The molecular formula is C27H40N2O2. The molecular weight excluding hydrogens is 384 g/mol. The van der Waals surface area contributed by atoms with Gasteiger partial charge in [0.05, 0.1) is 12.7 Å². The van der Waals surface area contributed by atoms with E-state index in [0.29, 0.717) is 5.82 Å². The van der Waals surface area contributed by atoms with Crippen molar-refractivity contribution in [3.8, 4) is 17.1 Å². The number of ether oxygens (including phenoxy) is 1. The van der Waals surface area contributed by atoms with Crippen molar-refractivity contribution in [1.29, 1.82) is 0 Å². The van der Waals surface area contributed by atoms with Gasteiger partial charge in [-0.15, -0.1) is 0 Å². The van der Waals surface area contributed by atoms with Crippen molar-refractivity contribution >= 4 is 6.08 Å². The Morgan fingerprint density at radius 3 is 2.39 bits per heavy atom. The van der Waals surface area contributed by atoms with Crippen LogP contribution in [0.25, 0.3) is 17.5 Å². The number of allylic oxidation sites excluding steroid dienone is 1. The van der Waals surface area contributed by atoms with Crippen LogP contribution in [0.5, 0.6) is 5.75 Å². The van der Waals surface area contributed by atoms with Gasteiger partial charge < -0.3 is 9.84 Å². The zero-order chi connectivity index (χ0) is 22.2. The summed E-state index contributed by atoms with van der Waals surface area (Å²) in [5.41, 5.74) is 2.05. The van der Waals surface area contributed by atoms with E-state index < -0.39 is 0 Å². The highest BCUT2D eigenvalue weighted by Gasteiger charge is 2.07. The van der Waals surface area contributed by atoms with Crippen molar-refractivity contribution in [3.05, 3.63) is 48.3 Å². The minimum atomic E-state index is -0.232. The molecule has 1 N–H and O–H groups in total. The Morgan fingerprint density at radius 1 is 0.968 bits per heavy atom. The first-order chi connectivity index (χ1) is 15.2. The molecule has 0 aliphatic carbocycles. The minimum absolute atomic E-state index is 0.232. The molecule has 1 heterocycles. The maximum absolute atomic E-state index is 9.41. The van der Waals surface area contributed by atoms with Crippen LogP contribution in [-0.2, 0) is 0 Å². The molecule has 0 fully saturated rings. The molecule has 2 rings (SSSR count). The van der Waals surface area contributed by atoms with E-state index in [1.54, 1.807) is 12.4 Å². The first kappa shape index (κ1) is 25.1. The lowest BCUT2D eigenvalue weighted by molar-refractivity contribution is 0.182. The van der Waals surface area contributed by atoms with E-state index >= 15 is 0 Å². The van der Waals surface area contributed by atoms with Crippen LogP contribution in [0.15, 0.2) is 42.7 Å². The number of aliphatic hydroxyl groups is 1. The average Bonchev–Trinajstić information content (AvgIpc) is 2.78. The lowest BCUT2D eigenvalue weighted by atomic mass is 10.1. The van der Waals surface area contributed by atoms with E-state index in [1.807, 2.05) is 19.1 Å². The number of aliphatic hydroxyl groups excluding tert-OH is 1. The topological polar surface area (TPSA) is 55.2 Å². The molecule has 0 aliphatic heterocycles. The fraction of sp³-hybridized carbons (Fsp3) is 0.556. The van der Waals surface area contributed by atoms with Gasteiger partial charge in [0.15, 0.2) is 5.82 Å². The van der Waals surface area contributed by atoms with Crippen LogP contribution in [0.3, 0.4) is 0 Å². The van der Waals surface area contributed by atoms with Crippen molar-refractivity contribution < 1.29 is 9.84 Å². The summed E-state index contributed by atoms with van der Waals surface area (Å²) in [4.78, 5) is 8.73. The summed E-state index contributed by atoms with van der Waals surface area (Å²) in [6, 6.07) is 8.01. The molecule has 0 amide bonds. The summed E-state index contributed by atoms with van der Waals surface area (Å²) in [5, 5.41) is 9.41. The first-order valence-corrected chi connectivity index (χ1v) is 12.1. The fourth-order valence-corrected chi connectivity index (χ4v) is 3.54. The SMILES string of the molecule is CCCCCCCCCCOc1cc(-c2ncccn2)ccc1C=CCCCC(C)O. The number of aromatic nitrogens is 2. The van der Waals surface area contributed by atoms with Crippen LogP contribution in [-0.4, -0.2) is 27.8 Å². The lowest BCUT2D eigenvalue weighted by Gasteiger charge is -2.11. The minimum Gasteiger partial charge on any atom is -0.493 e. The van der Waals surface area contributed by atoms with Gasteiger partial charge in [-0.05, 0) is 44.7 Å². The average molecular weight is 425 g/mol. The van der Waals surface area contributed by atoms with E-state index in [2.05, 4.69) is 41.2 Å². The van der Waals surface area contributed by atoms with Gasteiger partial charge in [0.1, 0.15) is 5.75 Å². The molecule has 1 aromatic carbocycles. The van der Waals surface area contributed by atoms with E-state index in [0.717, 1.165) is 49.2 Å². The van der Waals surface area contributed by atoms with E-state index in [4.69, 9.17) is 4.74 Å². The van der Waals surface area contributed by atoms with Crippen LogP contribution in [0, 0.1) is 0 Å². The maximum Gasteiger partial charge on any atom is 0.159 e. The molecule has 0 radical (unpaired) electrons. The molecule has 1 unspecified atom stereocenters. The lowest BCUT2D eigenvalue weighted by Crippen LogP contribution is -2.00. The molecule has 4 nitrogen and oxygen atoms in total. The highest BCUT2D eigenvalue weighted by molar-refractivity contribution is 5.65. The summed E-state index contributed by atoms with van der Waals surface area (Å²) in [5.74, 6) is 1.60. The normalized spacial score (nSPS) is 12.4. The molecule has 170 valence electrons. The van der Waals surface area contributed by atoms with E-state index in [9.17, 15) is 5.11 Å². The fourth-order valence-electron chi connectivity index (χ4n) is 3.54. The Kier molecular flexibility index (Phi) is 12.6. The second-order valence-corrected chi connectivity index (χ2v) is 8.33. The van der Waals surface area contributed by atoms with E-state index in [1.165, 1.54) is 44.9 Å². The maximum atomic E-state index is 9.41. The van der Waals surface area contributed by atoms with Gasteiger partial charge in [-0.2, -0.15) is 0 Å². The Bertz CT molecular complexity index is 744. The highest BCUT2D eigenvalue weighted by Crippen LogP contribution is 2.27. The van der Waals surface area contributed by atoms with Crippen molar-refractivity contribution in [2.75, 3.05) is 6.61 Å². The van der Waals surface area contributed by atoms with Crippen molar-refractivity contribution in [1.82, 2.24) is 9.97 Å². The summed E-state index contributed by atoms with van der Waals surface area (Å²) >= 11 is 0. The molecule has 0 aliphatic rings. The largest absolute Gasteiger partial charge is 0.493 e. The molecule has 31 heavy (non-hydrogen) atoms. The van der Waals surface area contributed by atoms with E-state index in [-0.39, 0.29) is 6.10 Å². The molecule has 0 spiro atoms. The molecule has 0 saturated carbocycles. The Morgan fingerprint density at radius 2 is 1.68 bits per heavy atom. The number of hydrogen-bond donors (Lipinski definition) is 1. The number of benzene rings is 1. The number of rotatable bonds is 16. The standard InChI is InChI=1S/C27H40N2O2/c1-3-4-5-6-7-8-9-13-21-31-26-22-25(27-28-19-14-20-29-27)18-17-24(26)16-12-10-11-15-23(2)30/h12,14,16-20,22-23,30H,3-11,13,15,21H2,1-2H3. The van der Waals surface area contributed by atoms with Crippen LogP contribution in [0.1, 0.15) is 90.0 Å². The Labute approximate surface area is 188 Å². The predicted molar refractivity (Wildman–Crippen MR) is 130 cm³/mol. The second kappa shape index (κ2) is 15.6. The smallest absolute Gasteiger partial charge is 0.159 e. The van der Waals surface area contributed by atoms with Crippen molar-refractivity contribution in [2.24, 2.45) is 0 Å². The summed E-state index contributed by atoms with van der Waals surface area (Å²) < 4.78 is 6.19. The van der Waals surface area contributed by atoms with Gasteiger partial charge in [0, 0.05) is 23.5 Å². The van der Waals surface area contributed by atoms with Gasteiger partial charge in [0.2, 0.25) is 0 Å². The van der Waals surface area contributed by atoms with Gasteiger partial charge in [-0.25, -0.2) is 9.97 Å². The molecule has 0 bridgehead atoms. The first-order valence-electron chi connectivity index (χ1n) is 12.1. The van der Waals surface area contributed by atoms with Crippen LogP contribution >= 0.6 is 0 Å². The summed E-state index contributed by atoms with van der Waals surface area (Å²) in [6.45, 7) is 4.83.